The Balaban J connectivity index is 1.78. The number of sulfonamides is 1. The maximum absolute atomic E-state index is 12.9. The predicted molar refractivity (Wildman–Crippen MR) is 105 cm³/mol. The van der Waals surface area contributed by atoms with Crippen LogP contribution in [-0.4, -0.2) is 13.6 Å². The zero-order valence-corrected chi connectivity index (χ0v) is 15.8. The van der Waals surface area contributed by atoms with E-state index in [0.29, 0.717) is 17.1 Å². The van der Waals surface area contributed by atoms with Crippen molar-refractivity contribution in [1.29, 1.82) is 0 Å². The van der Waals surface area contributed by atoms with Gasteiger partial charge < -0.3 is 4.52 Å². The zero-order chi connectivity index (χ0) is 18.7. The van der Waals surface area contributed by atoms with Crippen molar-refractivity contribution in [2.45, 2.75) is 42.9 Å². The molecule has 0 unspecified atom stereocenters. The first-order valence-electron chi connectivity index (χ1n) is 9.28. The van der Waals surface area contributed by atoms with Gasteiger partial charge in [0, 0.05) is 11.5 Å². The quantitative estimate of drug-likeness (QED) is 0.659. The number of rotatable bonds is 5. The van der Waals surface area contributed by atoms with E-state index in [-0.39, 0.29) is 10.8 Å². The molecule has 5 nitrogen and oxygen atoms in total. The molecule has 0 radical (unpaired) electrons. The number of aromatic nitrogens is 1. The highest BCUT2D eigenvalue weighted by atomic mass is 32.2. The number of hydrogen-bond donors (Lipinski definition) is 1. The Labute approximate surface area is 159 Å². The first kappa shape index (κ1) is 17.8. The summed E-state index contributed by atoms with van der Waals surface area (Å²) in [6.45, 7) is 0. The van der Waals surface area contributed by atoms with Crippen LogP contribution in [0.3, 0.4) is 0 Å². The summed E-state index contributed by atoms with van der Waals surface area (Å²) in [4.78, 5) is 0.222. The molecule has 1 heterocycles. The number of hydrogen-bond acceptors (Lipinski definition) is 4. The number of nitrogens with zero attached hydrogens (tertiary/aromatic N) is 1. The molecule has 0 bridgehead atoms. The van der Waals surface area contributed by atoms with Crippen LogP contribution in [0.5, 0.6) is 0 Å². The average Bonchev–Trinajstić information content (AvgIpc) is 3.13. The molecule has 1 N–H and O–H groups in total. The Kier molecular flexibility index (Phi) is 4.99. The summed E-state index contributed by atoms with van der Waals surface area (Å²) in [7, 11) is -3.72. The second kappa shape index (κ2) is 7.56. The highest BCUT2D eigenvalue weighted by Gasteiger charge is 2.29. The van der Waals surface area contributed by atoms with Gasteiger partial charge in [-0.05, 0) is 25.0 Å². The number of benzene rings is 2. The van der Waals surface area contributed by atoms with E-state index >= 15 is 0 Å². The molecule has 0 spiro atoms. The van der Waals surface area contributed by atoms with Crippen LogP contribution in [0.15, 0.2) is 70.1 Å². The molecule has 27 heavy (non-hydrogen) atoms. The summed E-state index contributed by atoms with van der Waals surface area (Å²) >= 11 is 0. The second-order valence-electron chi connectivity index (χ2n) is 6.89. The maximum Gasteiger partial charge on any atom is 0.262 e. The predicted octanol–water partition coefficient (Wildman–Crippen LogP) is 5.19. The van der Waals surface area contributed by atoms with Gasteiger partial charge in [0.15, 0.2) is 5.76 Å². The second-order valence-corrected chi connectivity index (χ2v) is 8.57. The van der Waals surface area contributed by atoms with Crippen LogP contribution in [0, 0.1) is 0 Å². The van der Waals surface area contributed by atoms with Crippen LogP contribution < -0.4 is 4.72 Å². The Morgan fingerprint density at radius 1 is 0.889 bits per heavy atom. The summed E-state index contributed by atoms with van der Waals surface area (Å²) in [5.41, 5.74) is 1.83. The Hall–Kier alpha value is -2.60. The molecular formula is C21H22N2O3S. The van der Waals surface area contributed by atoms with Gasteiger partial charge >= 0.3 is 0 Å². The van der Waals surface area contributed by atoms with Crippen LogP contribution in [0.1, 0.15) is 43.8 Å². The van der Waals surface area contributed by atoms with E-state index in [1.807, 2.05) is 30.3 Å². The third-order valence-corrected chi connectivity index (χ3v) is 6.40. The number of nitrogens with one attached hydrogen (secondary N) is 1. The minimum Gasteiger partial charge on any atom is -0.358 e. The van der Waals surface area contributed by atoms with Crippen LogP contribution in [0.25, 0.3) is 11.3 Å². The topological polar surface area (TPSA) is 72.2 Å². The van der Waals surface area contributed by atoms with Gasteiger partial charge in [0.25, 0.3) is 10.0 Å². The third kappa shape index (κ3) is 3.76. The lowest BCUT2D eigenvalue weighted by atomic mass is 9.86. The van der Waals surface area contributed by atoms with E-state index in [9.17, 15) is 8.42 Å². The van der Waals surface area contributed by atoms with E-state index < -0.39 is 10.0 Å². The van der Waals surface area contributed by atoms with Crippen molar-refractivity contribution in [1.82, 2.24) is 5.16 Å². The van der Waals surface area contributed by atoms with E-state index in [1.54, 1.807) is 30.3 Å². The third-order valence-electron chi connectivity index (χ3n) is 5.03. The van der Waals surface area contributed by atoms with Gasteiger partial charge in [-0.2, -0.15) is 0 Å². The van der Waals surface area contributed by atoms with Crippen LogP contribution in [0.4, 0.5) is 5.69 Å². The van der Waals surface area contributed by atoms with Gasteiger partial charge in [-0.25, -0.2) is 8.42 Å². The first-order chi connectivity index (χ1) is 13.1. The van der Waals surface area contributed by atoms with Gasteiger partial charge in [0.1, 0.15) is 11.4 Å². The molecule has 140 valence electrons. The molecule has 2 aromatic carbocycles. The molecule has 1 aliphatic carbocycles. The lowest BCUT2D eigenvalue weighted by Crippen LogP contribution is -2.15. The zero-order valence-electron chi connectivity index (χ0n) is 15.0. The molecule has 4 rings (SSSR count). The lowest BCUT2D eigenvalue weighted by Gasteiger charge is -2.20. The highest BCUT2D eigenvalue weighted by molar-refractivity contribution is 7.92. The minimum absolute atomic E-state index is 0.192. The minimum atomic E-state index is -3.72. The van der Waals surface area contributed by atoms with Crippen LogP contribution in [-0.2, 0) is 10.0 Å². The molecule has 0 atom stereocenters. The van der Waals surface area contributed by atoms with Gasteiger partial charge in [-0.15, -0.1) is 0 Å². The van der Waals surface area contributed by atoms with E-state index in [4.69, 9.17) is 4.52 Å². The first-order valence-corrected chi connectivity index (χ1v) is 10.8. The van der Waals surface area contributed by atoms with Crippen molar-refractivity contribution in [3.05, 3.63) is 66.4 Å². The van der Waals surface area contributed by atoms with Crippen LogP contribution in [0.2, 0.25) is 0 Å². The van der Waals surface area contributed by atoms with Gasteiger partial charge in [0.2, 0.25) is 0 Å². The summed E-state index contributed by atoms with van der Waals surface area (Å²) in [6.07, 6.45) is 5.43. The fraction of sp³-hybridized carbons (Fsp3) is 0.286. The van der Waals surface area contributed by atoms with E-state index in [1.165, 1.54) is 6.42 Å². The van der Waals surface area contributed by atoms with Crippen molar-refractivity contribution in [2.75, 3.05) is 4.72 Å². The largest absolute Gasteiger partial charge is 0.358 e. The Bertz CT molecular complexity index is 992. The number of anilines is 1. The Morgan fingerprint density at radius 2 is 1.52 bits per heavy atom. The fourth-order valence-corrected chi connectivity index (χ4v) is 4.73. The van der Waals surface area contributed by atoms with Gasteiger partial charge in [0.05, 0.1) is 4.90 Å². The summed E-state index contributed by atoms with van der Waals surface area (Å²) in [6, 6.07) is 17.9. The normalized spacial score (nSPS) is 15.6. The molecule has 0 aliphatic heterocycles. The van der Waals surface area contributed by atoms with Crippen molar-refractivity contribution < 1.29 is 12.9 Å². The van der Waals surface area contributed by atoms with Crippen molar-refractivity contribution in [2.24, 2.45) is 0 Å². The molecule has 1 aromatic heterocycles. The summed E-state index contributed by atoms with van der Waals surface area (Å²) in [5.74, 6) is 0.838. The van der Waals surface area contributed by atoms with E-state index in [0.717, 1.165) is 31.2 Å². The maximum atomic E-state index is 12.9. The summed E-state index contributed by atoms with van der Waals surface area (Å²) < 4.78 is 34.3. The Morgan fingerprint density at radius 3 is 2.19 bits per heavy atom. The van der Waals surface area contributed by atoms with Crippen molar-refractivity contribution in [3.63, 3.8) is 0 Å². The monoisotopic (exact) mass is 382 g/mol. The molecule has 1 fully saturated rings. The standard InChI is InChI=1S/C21H22N2O3S/c24-27(25,18-14-8-3-9-15-18)23-20-19(16-10-4-1-5-11-16)22-26-21(20)17-12-6-2-7-13-17/h1,3-5,8-11,14-15,17,23H,2,6-7,12-13H2. The smallest absolute Gasteiger partial charge is 0.262 e. The molecule has 1 aliphatic rings. The molecular weight excluding hydrogens is 360 g/mol. The van der Waals surface area contributed by atoms with E-state index in [2.05, 4.69) is 9.88 Å². The molecule has 0 saturated heterocycles. The van der Waals surface area contributed by atoms with Crippen LogP contribution >= 0.6 is 0 Å². The molecule has 1 saturated carbocycles. The molecule has 3 aromatic rings. The highest BCUT2D eigenvalue weighted by Crippen LogP contribution is 2.41. The summed E-state index contributed by atoms with van der Waals surface area (Å²) in [5, 5.41) is 4.24. The molecule has 6 heteroatoms. The fourth-order valence-electron chi connectivity index (χ4n) is 3.63. The molecule has 0 amide bonds. The average molecular weight is 382 g/mol. The van der Waals surface area contributed by atoms with Crippen molar-refractivity contribution in [3.8, 4) is 11.3 Å². The lowest BCUT2D eigenvalue weighted by molar-refractivity contribution is 0.323. The van der Waals surface area contributed by atoms with Gasteiger partial charge in [-0.1, -0.05) is 73.0 Å². The SMILES string of the molecule is O=S(=O)(Nc1c(-c2ccccc2)noc1C1CCCCC1)c1ccccc1. The van der Waals surface area contributed by atoms with Crippen molar-refractivity contribution >= 4 is 15.7 Å². The van der Waals surface area contributed by atoms with Gasteiger partial charge in [-0.3, -0.25) is 4.72 Å².